The first kappa shape index (κ1) is 16.1. The van der Waals surface area contributed by atoms with Gasteiger partial charge in [-0.1, -0.05) is 12.8 Å². The molecule has 0 bridgehead atoms. The van der Waals surface area contributed by atoms with Crippen molar-refractivity contribution in [3.05, 3.63) is 23.0 Å². The number of carbonyl (C=O) groups is 2. The molecule has 132 valence electrons. The Morgan fingerprint density at radius 2 is 2.04 bits per heavy atom. The zero-order chi connectivity index (χ0) is 17.6. The molecule has 8 heteroatoms. The SMILES string of the molecule is NC(=O)Nc1sc2c(c1C(N)=O)CCc1nn(CC3CCCC3)cc1-2. The number of fused-ring (bicyclic) bond motifs is 3. The summed E-state index contributed by atoms with van der Waals surface area (Å²) >= 11 is 1.35. The topological polar surface area (TPSA) is 116 Å². The Morgan fingerprint density at radius 1 is 1.28 bits per heavy atom. The Balaban J connectivity index is 1.71. The van der Waals surface area contributed by atoms with Crippen LogP contribution in [0.3, 0.4) is 0 Å². The number of hydrogen-bond donors (Lipinski definition) is 3. The second-order valence-electron chi connectivity index (χ2n) is 6.83. The number of anilines is 1. The molecule has 0 atom stereocenters. The number of nitrogens with two attached hydrogens (primary N) is 2. The Bertz CT molecular complexity index is 848. The number of nitrogens with one attached hydrogen (secondary N) is 1. The highest BCUT2D eigenvalue weighted by Crippen LogP contribution is 2.44. The lowest BCUT2D eigenvalue weighted by molar-refractivity contribution is 0.100. The van der Waals surface area contributed by atoms with Gasteiger partial charge in [-0.05, 0) is 37.2 Å². The Morgan fingerprint density at radius 3 is 2.72 bits per heavy atom. The van der Waals surface area contributed by atoms with Gasteiger partial charge >= 0.3 is 6.03 Å². The molecule has 2 aromatic heterocycles. The van der Waals surface area contributed by atoms with Crippen molar-refractivity contribution in [3.8, 4) is 10.4 Å². The Labute approximate surface area is 149 Å². The number of amides is 3. The highest BCUT2D eigenvalue weighted by atomic mass is 32.1. The average Bonchev–Trinajstić information content (AvgIpc) is 3.23. The lowest BCUT2D eigenvalue weighted by Crippen LogP contribution is -2.22. The van der Waals surface area contributed by atoms with Crippen LogP contribution in [-0.4, -0.2) is 21.7 Å². The molecule has 0 aliphatic heterocycles. The van der Waals surface area contributed by atoms with E-state index < -0.39 is 11.9 Å². The van der Waals surface area contributed by atoms with Crippen molar-refractivity contribution < 1.29 is 9.59 Å². The van der Waals surface area contributed by atoms with Gasteiger partial charge in [0.25, 0.3) is 5.91 Å². The maximum atomic E-state index is 11.9. The van der Waals surface area contributed by atoms with Crippen LogP contribution in [0.25, 0.3) is 10.4 Å². The minimum Gasteiger partial charge on any atom is -0.365 e. The lowest BCUT2D eigenvalue weighted by Gasteiger charge is -2.11. The van der Waals surface area contributed by atoms with Crippen molar-refractivity contribution in [2.24, 2.45) is 17.4 Å². The van der Waals surface area contributed by atoms with Crippen LogP contribution in [0.1, 0.15) is 47.3 Å². The van der Waals surface area contributed by atoms with Crippen LogP contribution in [0.5, 0.6) is 0 Å². The zero-order valence-electron chi connectivity index (χ0n) is 13.9. The number of urea groups is 1. The summed E-state index contributed by atoms with van der Waals surface area (Å²) in [5.74, 6) is 0.167. The molecule has 2 aliphatic carbocycles. The van der Waals surface area contributed by atoms with Gasteiger partial charge in [0.2, 0.25) is 0 Å². The number of primary amides is 2. The Hall–Kier alpha value is -2.35. The lowest BCUT2D eigenvalue weighted by atomic mass is 9.94. The molecule has 0 unspecified atom stereocenters. The minimum absolute atomic E-state index is 0.382. The third-order valence-corrected chi connectivity index (χ3v) is 6.29. The van der Waals surface area contributed by atoms with Gasteiger partial charge in [-0.25, -0.2) is 4.79 Å². The third kappa shape index (κ3) is 2.90. The van der Waals surface area contributed by atoms with Crippen molar-refractivity contribution in [3.63, 3.8) is 0 Å². The molecule has 2 aromatic rings. The molecule has 0 spiro atoms. The van der Waals surface area contributed by atoms with Crippen LogP contribution in [0, 0.1) is 5.92 Å². The van der Waals surface area contributed by atoms with Crippen LogP contribution >= 0.6 is 11.3 Å². The first-order valence-corrected chi connectivity index (χ1v) is 9.43. The largest absolute Gasteiger partial charge is 0.365 e. The summed E-state index contributed by atoms with van der Waals surface area (Å²) in [7, 11) is 0. The summed E-state index contributed by atoms with van der Waals surface area (Å²) in [6.45, 7) is 0.947. The monoisotopic (exact) mass is 359 g/mol. The molecule has 1 saturated carbocycles. The van der Waals surface area contributed by atoms with Crippen LogP contribution < -0.4 is 16.8 Å². The number of rotatable bonds is 4. The molecule has 0 radical (unpaired) electrons. The predicted molar refractivity (Wildman–Crippen MR) is 96.6 cm³/mol. The maximum absolute atomic E-state index is 11.9. The summed E-state index contributed by atoms with van der Waals surface area (Å²) in [6, 6.07) is -0.696. The fourth-order valence-corrected chi connectivity index (χ4v) is 5.30. The number of hydrogen-bond acceptors (Lipinski definition) is 4. The number of aromatic nitrogens is 2. The van der Waals surface area contributed by atoms with Gasteiger partial charge in [0.05, 0.1) is 11.3 Å². The number of nitrogens with zero attached hydrogens (tertiary/aromatic N) is 2. The van der Waals surface area contributed by atoms with Crippen molar-refractivity contribution in [1.82, 2.24) is 9.78 Å². The van der Waals surface area contributed by atoms with Gasteiger partial charge in [-0.3, -0.25) is 14.8 Å². The second-order valence-corrected chi connectivity index (χ2v) is 7.85. The highest BCUT2D eigenvalue weighted by Gasteiger charge is 2.29. The van der Waals surface area contributed by atoms with Crippen molar-refractivity contribution >= 4 is 28.3 Å². The molecule has 0 saturated heterocycles. The van der Waals surface area contributed by atoms with Crippen LogP contribution in [0.4, 0.5) is 9.80 Å². The van der Waals surface area contributed by atoms with Crippen molar-refractivity contribution in [2.75, 3.05) is 5.32 Å². The minimum atomic E-state index is -0.696. The van der Waals surface area contributed by atoms with E-state index in [-0.39, 0.29) is 0 Å². The van der Waals surface area contributed by atoms with Gasteiger partial charge in [0.1, 0.15) is 5.00 Å². The second kappa shape index (κ2) is 6.18. The Kier molecular flexibility index (Phi) is 3.99. The normalized spacial score (nSPS) is 16.5. The molecule has 3 amide bonds. The quantitative estimate of drug-likeness (QED) is 0.778. The first-order valence-electron chi connectivity index (χ1n) is 8.61. The maximum Gasteiger partial charge on any atom is 0.317 e. The predicted octanol–water partition coefficient (Wildman–Crippen LogP) is 2.49. The summed E-state index contributed by atoms with van der Waals surface area (Å²) in [5, 5.41) is 7.72. The first-order chi connectivity index (χ1) is 12.0. The fourth-order valence-electron chi connectivity index (χ4n) is 4.01. The van der Waals surface area contributed by atoms with Crippen LogP contribution in [0.15, 0.2) is 6.20 Å². The molecular weight excluding hydrogens is 338 g/mol. The summed E-state index contributed by atoms with van der Waals surface area (Å²) in [4.78, 5) is 24.1. The molecule has 25 heavy (non-hydrogen) atoms. The van der Waals surface area contributed by atoms with Crippen LogP contribution in [0.2, 0.25) is 0 Å². The molecule has 7 nitrogen and oxygen atoms in total. The molecule has 1 fully saturated rings. The van der Waals surface area contributed by atoms with E-state index in [0.29, 0.717) is 22.9 Å². The zero-order valence-corrected chi connectivity index (χ0v) is 14.7. The van der Waals surface area contributed by atoms with Crippen LogP contribution in [-0.2, 0) is 19.4 Å². The molecule has 2 heterocycles. The molecular formula is C17H21N5O2S. The van der Waals surface area contributed by atoms with E-state index in [1.54, 1.807) is 0 Å². The van der Waals surface area contributed by atoms with Gasteiger partial charge in [-0.2, -0.15) is 5.10 Å². The molecule has 5 N–H and O–H groups in total. The fraction of sp³-hybridized carbons (Fsp3) is 0.471. The van der Waals surface area contributed by atoms with Gasteiger partial charge in [-0.15, -0.1) is 11.3 Å². The van der Waals surface area contributed by atoms with Crippen molar-refractivity contribution in [1.29, 1.82) is 0 Å². The molecule has 2 aliphatic rings. The molecule has 4 rings (SSSR count). The van der Waals surface area contributed by atoms with Gasteiger partial charge < -0.3 is 11.5 Å². The summed E-state index contributed by atoms with van der Waals surface area (Å²) in [5.41, 5.74) is 14.2. The van der Waals surface area contributed by atoms with E-state index >= 15 is 0 Å². The van der Waals surface area contributed by atoms with Gasteiger partial charge in [0.15, 0.2) is 0 Å². The molecule has 0 aromatic carbocycles. The smallest absolute Gasteiger partial charge is 0.317 e. The standard InChI is InChI=1S/C17H21N5O2S/c18-15(23)13-10-5-6-12-11(14(10)25-16(13)20-17(19)24)8-22(21-12)7-9-3-1-2-4-9/h8-9H,1-7H2,(H2,18,23)(H3,19,20,24). The third-order valence-electron chi connectivity index (χ3n) is 5.10. The van der Waals surface area contributed by atoms with E-state index in [0.717, 1.165) is 34.7 Å². The van der Waals surface area contributed by atoms with Gasteiger partial charge in [0, 0.05) is 23.2 Å². The summed E-state index contributed by atoms with van der Waals surface area (Å²) in [6.07, 6.45) is 8.70. The van der Waals surface area contributed by atoms with E-state index in [1.165, 1.54) is 37.0 Å². The average molecular weight is 359 g/mol. The van der Waals surface area contributed by atoms with Crippen molar-refractivity contribution in [2.45, 2.75) is 45.1 Å². The van der Waals surface area contributed by atoms with E-state index in [1.807, 2.05) is 4.68 Å². The number of thiophene rings is 1. The van der Waals surface area contributed by atoms with E-state index in [9.17, 15) is 9.59 Å². The summed E-state index contributed by atoms with van der Waals surface area (Å²) < 4.78 is 2.04. The number of aryl methyl sites for hydroxylation is 1. The number of carbonyl (C=O) groups excluding carboxylic acids is 2. The van der Waals surface area contributed by atoms with E-state index in [4.69, 9.17) is 16.6 Å². The van der Waals surface area contributed by atoms with E-state index in [2.05, 4.69) is 11.5 Å². The highest BCUT2D eigenvalue weighted by molar-refractivity contribution is 7.20.